The van der Waals surface area contributed by atoms with Gasteiger partial charge in [0.25, 0.3) is 0 Å². The van der Waals surface area contributed by atoms with Gasteiger partial charge < -0.3 is 0 Å². The molecule has 0 unspecified atom stereocenters. The first-order valence-electron chi connectivity index (χ1n) is 13.4. The van der Waals surface area contributed by atoms with Crippen molar-refractivity contribution in [3.63, 3.8) is 0 Å². The van der Waals surface area contributed by atoms with Crippen molar-refractivity contribution in [3.05, 3.63) is 102 Å². The molecular weight excluding hydrogens is 454 g/mol. The Kier molecular flexibility index (Phi) is 5.23. The van der Waals surface area contributed by atoms with Crippen molar-refractivity contribution in [2.75, 3.05) is 4.57 Å². The summed E-state index contributed by atoms with van der Waals surface area (Å²) >= 11 is 0. The molecule has 0 aromatic heterocycles. The molecule has 4 heteroatoms. The quantitative estimate of drug-likeness (QED) is 0.269. The zero-order valence-corrected chi connectivity index (χ0v) is 24.6. The zero-order valence-electron chi connectivity index (χ0n) is 23.6. The molecule has 1 spiro atoms. The zero-order chi connectivity index (χ0) is 26.2. The van der Waals surface area contributed by atoms with Crippen LogP contribution in [0.5, 0.6) is 0 Å². The summed E-state index contributed by atoms with van der Waals surface area (Å²) in [7, 11) is -3.41. The fourth-order valence-corrected chi connectivity index (χ4v) is 18.6. The fraction of sp³-hybridized carbons (Fsp3) is 0.406. The van der Waals surface area contributed by atoms with Crippen LogP contribution < -0.4 is 4.57 Å². The van der Waals surface area contributed by atoms with Crippen LogP contribution >= 0.6 is 0 Å². The molecular formula is C32H43N3Si. The SMILES string of the molecule is CC(C)(C)N1C(c2ccccc2)=[N+](C(C)(C)C)[Si-]12(C(C)(C)C)[C@@H](c1ccccc1)N2c1ccccc1. The van der Waals surface area contributed by atoms with Gasteiger partial charge in [-0.15, -0.1) is 0 Å². The van der Waals surface area contributed by atoms with Crippen molar-refractivity contribution < 1.29 is 4.24 Å². The van der Waals surface area contributed by atoms with Crippen molar-refractivity contribution in [1.82, 2.24) is 4.57 Å². The summed E-state index contributed by atoms with van der Waals surface area (Å²) in [5, 5.41) is 0.00912. The van der Waals surface area contributed by atoms with E-state index in [0.29, 0.717) is 5.67 Å². The molecule has 2 heterocycles. The molecule has 3 aromatic carbocycles. The monoisotopic (exact) mass is 497 g/mol. The Morgan fingerprint density at radius 1 is 0.639 bits per heavy atom. The minimum atomic E-state index is -3.41. The van der Waals surface area contributed by atoms with E-state index in [1.165, 1.54) is 22.6 Å². The number of rotatable bonds is 3. The van der Waals surface area contributed by atoms with E-state index < -0.39 is 7.84 Å². The van der Waals surface area contributed by atoms with Crippen molar-refractivity contribution in [3.8, 4) is 0 Å². The third kappa shape index (κ3) is 2.88. The summed E-state index contributed by atoms with van der Waals surface area (Å²) in [6.07, 6.45) is 0. The number of para-hydroxylation sites is 1. The fourth-order valence-electron chi connectivity index (χ4n) is 7.73. The van der Waals surface area contributed by atoms with E-state index in [0.717, 1.165) is 0 Å². The van der Waals surface area contributed by atoms with Crippen LogP contribution in [0.3, 0.4) is 0 Å². The van der Waals surface area contributed by atoms with E-state index in [4.69, 9.17) is 0 Å². The predicted octanol–water partition coefficient (Wildman–Crippen LogP) is 7.85. The van der Waals surface area contributed by atoms with Crippen molar-refractivity contribution in [1.29, 1.82) is 0 Å². The molecule has 1 atom stereocenters. The maximum atomic E-state index is 2.91. The van der Waals surface area contributed by atoms with Gasteiger partial charge in [0, 0.05) is 0 Å². The van der Waals surface area contributed by atoms with Crippen LogP contribution in [0.4, 0.5) is 5.69 Å². The van der Waals surface area contributed by atoms with Crippen LogP contribution in [-0.2, 0) is 0 Å². The number of hydrogen-bond donors (Lipinski definition) is 0. The first kappa shape index (κ1) is 24.8. The molecule has 1 fully saturated rings. The van der Waals surface area contributed by atoms with Gasteiger partial charge in [0.15, 0.2) is 0 Å². The second kappa shape index (κ2) is 7.58. The molecule has 0 saturated carbocycles. The molecule has 0 bridgehead atoms. The first-order valence-corrected chi connectivity index (χ1v) is 15.8. The summed E-state index contributed by atoms with van der Waals surface area (Å²) in [6, 6.07) is 33.5. The average Bonchev–Trinajstić information content (AvgIpc) is 3.46. The molecule has 0 radical (unpaired) electrons. The molecule has 1 saturated heterocycles. The van der Waals surface area contributed by atoms with Crippen LogP contribution in [0.2, 0.25) is 5.04 Å². The Labute approximate surface area is 218 Å². The maximum absolute atomic E-state index is 3.41. The molecule has 0 amide bonds. The van der Waals surface area contributed by atoms with E-state index in [1.54, 1.807) is 0 Å². The third-order valence-corrected chi connectivity index (χ3v) is 17.6. The van der Waals surface area contributed by atoms with Gasteiger partial charge in [0.1, 0.15) is 0 Å². The molecule has 2 aliphatic heterocycles. The topological polar surface area (TPSA) is 9.26 Å². The minimum absolute atomic E-state index is 0.00912. The molecule has 0 N–H and O–H groups in total. The second-order valence-electron chi connectivity index (χ2n) is 13.6. The van der Waals surface area contributed by atoms with Crippen LogP contribution in [-0.4, -0.2) is 33.6 Å². The van der Waals surface area contributed by atoms with Gasteiger partial charge in [-0.25, -0.2) is 0 Å². The van der Waals surface area contributed by atoms with E-state index in [-0.39, 0.29) is 16.1 Å². The van der Waals surface area contributed by atoms with E-state index in [2.05, 4.69) is 167 Å². The molecule has 2 aliphatic rings. The van der Waals surface area contributed by atoms with Gasteiger partial charge in [-0.1, -0.05) is 0 Å². The van der Waals surface area contributed by atoms with E-state index >= 15 is 0 Å². The number of benzene rings is 3. The Hall–Kier alpha value is -2.85. The predicted molar refractivity (Wildman–Crippen MR) is 156 cm³/mol. The summed E-state index contributed by atoms with van der Waals surface area (Å²) in [6.45, 7) is 21.9. The molecule has 0 aliphatic carbocycles. The van der Waals surface area contributed by atoms with Crippen LogP contribution in [0.1, 0.15) is 79.1 Å². The normalized spacial score (nSPS) is 22.1. The van der Waals surface area contributed by atoms with Gasteiger partial charge >= 0.3 is 219 Å². The van der Waals surface area contributed by atoms with Gasteiger partial charge in [-0.3, -0.25) is 0 Å². The Morgan fingerprint density at radius 2 is 1.11 bits per heavy atom. The summed E-state index contributed by atoms with van der Waals surface area (Å²) < 4.78 is 8.69. The Balaban J connectivity index is 1.99. The number of nitrogens with zero attached hydrogens (tertiary/aromatic N) is 3. The molecule has 190 valence electrons. The second-order valence-corrected chi connectivity index (χ2v) is 19.4. The Morgan fingerprint density at radius 3 is 1.56 bits per heavy atom. The van der Waals surface area contributed by atoms with E-state index in [9.17, 15) is 0 Å². The molecule has 3 nitrogen and oxygen atoms in total. The van der Waals surface area contributed by atoms with Gasteiger partial charge in [0.2, 0.25) is 0 Å². The standard InChI is InChI=1S/C32H43N3Si/c1-30(2,3)34-28(25-19-13-10-14-20-25)35(31(4,5)6)36(34,32(7,8)9)29(26-21-15-11-16-22-26)33(36)27-23-17-12-18-24-27/h10-24,29H,1-9H3/t29-,33?/m0/s1. The average molecular weight is 498 g/mol. The van der Waals surface area contributed by atoms with Crippen LogP contribution in [0.15, 0.2) is 91.0 Å². The molecule has 36 heavy (non-hydrogen) atoms. The first-order chi connectivity index (χ1) is 16.8. The van der Waals surface area contributed by atoms with Crippen LogP contribution in [0, 0.1) is 0 Å². The summed E-state index contributed by atoms with van der Waals surface area (Å²) in [5.74, 6) is 1.37. The van der Waals surface area contributed by atoms with Gasteiger partial charge in [-0.2, -0.15) is 0 Å². The molecule has 5 rings (SSSR count). The van der Waals surface area contributed by atoms with Gasteiger partial charge in [0.05, 0.1) is 0 Å². The number of anilines is 1. The number of hydrogen-bond acceptors (Lipinski definition) is 2. The third-order valence-electron chi connectivity index (χ3n) is 8.44. The number of amidine groups is 1. The summed E-state index contributed by atoms with van der Waals surface area (Å²) in [5.41, 5.74) is 4.22. The van der Waals surface area contributed by atoms with Gasteiger partial charge in [-0.05, 0) is 0 Å². The van der Waals surface area contributed by atoms with Crippen LogP contribution in [0.25, 0.3) is 0 Å². The summed E-state index contributed by atoms with van der Waals surface area (Å²) in [4.78, 5) is 0. The van der Waals surface area contributed by atoms with E-state index in [1.807, 2.05) is 0 Å². The van der Waals surface area contributed by atoms with Crippen molar-refractivity contribution in [2.45, 2.75) is 84.1 Å². The van der Waals surface area contributed by atoms with Crippen molar-refractivity contribution >= 4 is 19.4 Å². The Bertz CT molecular complexity index is 1250. The molecule has 3 aromatic rings. The van der Waals surface area contributed by atoms with Crippen molar-refractivity contribution in [2.24, 2.45) is 0 Å².